The number of halogens is 1. The number of piperazine rings is 1. The maximum absolute atomic E-state index is 5.98. The van der Waals surface area contributed by atoms with Crippen LogP contribution in [-0.4, -0.2) is 45.9 Å². The van der Waals surface area contributed by atoms with Crippen molar-refractivity contribution < 1.29 is 0 Å². The predicted molar refractivity (Wildman–Crippen MR) is 68.5 cm³/mol. The molecule has 0 spiro atoms. The van der Waals surface area contributed by atoms with Gasteiger partial charge >= 0.3 is 0 Å². The normalized spacial score (nSPS) is 20.1. The van der Waals surface area contributed by atoms with Crippen LogP contribution in [0.15, 0.2) is 0 Å². The fourth-order valence-electron chi connectivity index (χ4n) is 1.99. The molecule has 0 N–H and O–H groups in total. The Hall–Kier alpha value is -0.390. The van der Waals surface area contributed by atoms with E-state index >= 15 is 0 Å². The summed E-state index contributed by atoms with van der Waals surface area (Å²) >= 11 is 7.17. The molecule has 0 amide bonds. The third-order valence-electron chi connectivity index (χ3n) is 3.26. The third kappa shape index (κ3) is 2.47. The van der Waals surface area contributed by atoms with Crippen molar-refractivity contribution in [1.82, 2.24) is 13.6 Å². The van der Waals surface area contributed by atoms with Crippen LogP contribution in [0, 0.1) is 0 Å². The zero-order chi connectivity index (χ0) is 11.5. The smallest absolute Gasteiger partial charge is 0.187 e. The summed E-state index contributed by atoms with van der Waals surface area (Å²) in [7, 11) is 0. The van der Waals surface area contributed by atoms with E-state index < -0.39 is 0 Å². The van der Waals surface area contributed by atoms with Crippen molar-refractivity contribution in [1.29, 1.82) is 0 Å². The van der Waals surface area contributed by atoms with Crippen molar-refractivity contribution >= 4 is 29.1 Å². The summed E-state index contributed by atoms with van der Waals surface area (Å²) in [4.78, 5) is 4.74. The summed E-state index contributed by atoms with van der Waals surface area (Å²) in [5.74, 6) is 0.857. The van der Waals surface area contributed by atoms with E-state index in [-0.39, 0.29) is 0 Å². The Balaban J connectivity index is 1.93. The van der Waals surface area contributed by atoms with Gasteiger partial charge in [-0.3, -0.25) is 4.90 Å². The molecule has 1 aromatic rings. The zero-order valence-corrected chi connectivity index (χ0v) is 11.3. The van der Waals surface area contributed by atoms with Crippen LogP contribution >= 0.6 is 23.3 Å². The third-order valence-corrected chi connectivity index (χ3v) is 4.13. The second-order valence-corrected chi connectivity index (χ2v) is 5.05. The van der Waals surface area contributed by atoms with E-state index in [2.05, 4.69) is 32.4 Å². The number of aromatic nitrogens is 2. The lowest BCUT2D eigenvalue weighted by atomic mass is 10.2. The second-order valence-electron chi connectivity index (χ2n) is 4.16. The van der Waals surface area contributed by atoms with Crippen molar-refractivity contribution in [2.75, 3.05) is 31.1 Å². The first-order chi connectivity index (χ1) is 7.72. The van der Waals surface area contributed by atoms with E-state index in [1.54, 1.807) is 0 Å². The molecule has 1 aliphatic rings. The highest BCUT2D eigenvalue weighted by Crippen LogP contribution is 2.24. The van der Waals surface area contributed by atoms with Gasteiger partial charge in [0.1, 0.15) is 0 Å². The molecule has 1 atom stereocenters. The minimum Gasteiger partial charge on any atom is -0.351 e. The van der Waals surface area contributed by atoms with Gasteiger partial charge in [0.05, 0.1) is 11.7 Å². The lowest BCUT2D eigenvalue weighted by Gasteiger charge is -2.37. The van der Waals surface area contributed by atoms with Crippen LogP contribution in [0.3, 0.4) is 0 Å². The van der Waals surface area contributed by atoms with Gasteiger partial charge in [-0.05, 0) is 13.3 Å². The standard InChI is InChI=1S/C10H17ClN4S/c1-3-8(2)14-4-6-15(7-5-14)10-9(11)12-16-13-10/h8H,3-7H2,1-2H3. The Bertz CT molecular complexity index is 335. The summed E-state index contributed by atoms with van der Waals surface area (Å²) in [6.45, 7) is 8.68. The van der Waals surface area contributed by atoms with Crippen LogP contribution < -0.4 is 4.90 Å². The second kappa shape index (κ2) is 5.29. The van der Waals surface area contributed by atoms with Gasteiger partial charge in [0.25, 0.3) is 0 Å². The predicted octanol–water partition coefficient (Wildman–Crippen LogP) is 2.11. The zero-order valence-electron chi connectivity index (χ0n) is 9.69. The van der Waals surface area contributed by atoms with Crippen LogP contribution in [-0.2, 0) is 0 Å². The average Bonchev–Trinajstić information content (AvgIpc) is 2.75. The summed E-state index contributed by atoms with van der Waals surface area (Å²) in [6, 6.07) is 0.672. The molecule has 1 unspecified atom stereocenters. The monoisotopic (exact) mass is 260 g/mol. The average molecular weight is 261 g/mol. The molecule has 1 aliphatic heterocycles. The van der Waals surface area contributed by atoms with E-state index in [1.807, 2.05) is 0 Å². The van der Waals surface area contributed by atoms with E-state index in [4.69, 9.17) is 11.6 Å². The molecular weight excluding hydrogens is 244 g/mol. The molecule has 0 bridgehead atoms. The summed E-state index contributed by atoms with van der Waals surface area (Å²) in [5.41, 5.74) is 0. The van der Waals surface area contributed by atoms with Gasteiger partial charge in [-0.2, -0.15) is 8.75 Å². The van der Waals surface area contributed by atoms with E-state index in [1.165, 1.54) is 18.1 Å². The highest BCUT2D eigenvalue weighted by Gasteiger charge is 2.23. The molecule has 4 nitrogen and oxygen atoms in total. The van der Waals surface area contributed by atoms with Gasteiger partial charge in [0.2, 0.25) is 0 Å². The molecule has 0 saturated carbocycles. The maximum Gasteiger partial charge on any atom is 0.187 e. The van der Waals surface area contributed by atoms with Gasteiger partial charge < -0.3 is 4.90 Å². The quantitative estimate of drug-likeness (QED) is 0.833. The van der Waals surface area contributed by atoms with Crippen molar-refractivity contribution in [2.24, 2.45) is 0 Å². The molecule has 90 valence electrons. The molecule has 1 aromatic heterocycles. The summed E-state index contributed by atoms with van der Waals surface area (Å²) in [6.07, 6.45) is 1.21. The largest absolute Gasteiger partial charge is 0.351 e. The molecule has 2 heterocycles. The van der Waals surface area contributed by atoms with Crippen molar-refractivity contribution in [3.63, 3.8) is 0 Å². The Kier molecular flexibility index (Phi) is 4.00. The number of anilines is 1. The van der Waals surface area contributed by atoms with Crippen LogP contribution in [0.1, 0.15) is 20.3 Å². The Labute approximate surface area is 106 Å². The Morgan fingerprint density at radius 1 is 1.31 bits per heavy atom. The lowest BCUT2D eigenvalue weighted by Crippen LogP contribution is -2.49. The lowest BCUT2D eigenvalue weighted by molar-refractivity contribution is 0.192. The number of hydrogen-bond donors (Lipinski definition) is 0. The molecule has 0 aromatic carbocycles. The number of nitrogens with zero attached hydrogens (tertiary/aromatic N) is 4. The highest BCUT2D eigenvalue weighted by molar-refractivity contribution is 6.99. The molecule has 2 rings (SSSR count). The number of hydrogen-bond acceptors (Lipinski definition) is 5. The fourth-order valence-corrected chi connectivity index (χ4v) is 2.77. The van der Waals surface area contributed by atoms with Crippen molar-refractivity contribution in [3.8, 4) is 0 Å². The number of rotatable bonds is 3. The Morgan fingerprint density at radius 2 is 2.00 bits per heavy atom. The molecule has 16 heavy (non-hydrogen) atoms. The van der Waals surface area contributed by atoms with Crippen molar-refractivity contribution in [3.05, 3.63) is 5.15 Å². The summed E-state index contributed by atoms with van der Waals surface area (Å²) in [5, 5.41) is 0.544. The molecule has 0 aliphatic carbocycles. The molecular formula is C10H17ClN4S. The summed E-state index contributed by atoms with van der Waals surface area (Å²) < 4.78 is 8.24. The van der Waals surface area contributed by atoms with E-state index in [0.29, 0.717) is 11.2 Å². The topological polar surface area (TPSA) is 32.3 Å². The Morgan fingerprint density at radius 3 is 2.50 bits per heavy atom. The first kappa shape index (κ1) is 12.1. The van der Waals surface area contributed by atoms with Gasteiger partial charge in [0.15, 0.2) is 11.0 Å². The van der Waals surface area contributed by atoms with E-state index in [0.717, 1.165) is 32.0 Å². The van der Waals surface area contributed by atoms with Gasteiger partial charge in [-0.1, -0.05) is 18.5 Å². The van der Waals surface area contributed by atoms with Gasteiger partial charge in [-0.15, -0.1) is 0 Å². The van der Waals surface area contributed by atoms with Crippen LogP contribution in [0.4, 0.5) is 5.82 Å². The fraction of sp³-hybridized carbons (Fsp3) is 0.800. The van der Waals surface area contributed by atoms with E-state index in [9.17, 15) is 0 Å². The van der Waals surface area contributed by atoms with Gasteiger partial charge in [-0.25, -0.2) is 0 Å². The van der Waals surface area contributed by atoms with Crippen molar-refractivity contribution in [2.45, 2.75) is 26.3 Å². The SMILES string of the molecule is CCC(C)N1CCN(c2nsnc2Cl)CC1. The highest BCUT2D eigenvalue weighted by atomic mass is 35.5. The van der Waals surface area contributed by atoms with Crippen LogP contribution in [0.5, 0.6) is 0 Å². The van der Waals surface area contributed by atoms with Crippen LogP contribution in [0.25, 0.3) is 0 Å². The van der Waals surface area contributed by atoms with Gasteiger partial charge in [0, 0.05) is 32.2 Å². The first-order valence-electron chi connectivity index (χ1n) is 5.69. The molecule has 1 saturated heterocycles. The molecule has 6 heteroatoms. The van der Waals surface area contributed by atoms with Crippen LogP contribution in [0.2, 0.25) is 5.15 Å². The molecule has 1 fully saturated rings. The molecule has 0 radical (unpaired) electrons. The minimum atomic E-state index is 0.544. The maximum atomic E-state index is 5.98. The minimum absolute atomic E-state index is 0.544. The first-order valence-corrected chi connectivity index (χ1v) is 6.80.